The lowest BCUT2D eigenvalue weighted by atomic mass is 9.48. The summed E-state index contributed by atoms with van der Waals surface area (Å²) in [6, 6.07) is -0.0113. The van der Waals surface area contributed by atoms with Crippen LogP contribution in [-0.2, 0) is 14.3 Å². The second-order valence-corrected chi connectivity index (χ2v) is 12.0. The van der Waals surface area contributed by atoms with Crippen molar-refractivity contribution < 1.29 is 23.9 Å². The molecule has 6 rings (SSSR count). The molecule has 8 heteroatoms. The number of likely N-dealkylation sites (tertiary alicyclic amines) is 2. The molecule has 178 valence electrons. The molecule has 4 bridgehead atoms. The van der Waals surface area contributed by atoms with Gasteiger partial charge in [-0.25, -0.2) is 9.59 Å². The van der Waals surface area contributed by atoms with E-state index in [0.29, 0.717) is 25.6 Å². The first kappa shape index (κ1) is 21.8. The zero-order valence-electron chi connectivity index (χ0n) is 19.5. The molecule has 8 nitrogen and oxygen atoms in total. The lowest BCUT2D eigenvalue weighted by Gasteiger charge is -2.58. The summed E-state index contributed by atoms with van der Waals surface area (Å²) in [6.45, 7) is 7.41. The summed E-state index contributed by atoms with van der Waals surface area (Å²) in [6.07, 6.45) is 5.73. The van der Waals surface area contributed by atoms with Gasteiger partial charge in [-0.2, -0.15) is 0 Å². The standard InChI is InChI=1S/C24H37N3O5/c1-23(2,3)32-22(30)27-6-4-5-15-12-26(13-18(15)27)21(29)31-19-16-7-14-8-17(19)11-24(9-14,10-16)20(25)28/h14-19H,4-13H2,1-3H3,(H2,25,28)/t14?,15-,16?,17?,18-,19?,24?/m0/s1. The van der Waals surface area contributed by atoms with Crippen molar-refractivity contribution in [2.75, 3.05) is 19.6 Å². The van der Waals surface area contributed by atoms with Crippen LogP contribution >= 0.6 is 0 Å². The average Bonchev–Trinajstić information content (AvgIpc) is 3.13. The van der Waals surface area contributed by atoms with Gasteiger partial charge in [0.1, 0.15) is 11.7 Å². The first-order valence-electron chi connectivity index (χ1n) is 12.3. The van der Waals surface area contributed by atoms with E-state index in [1.807, 2.05) is 25.7 Å². The number of nitrogens with zero attached hydrogens (tertiary/aromatic N) is 2. The number of rotatable bonds is 2. The second-order valence-electron chi connectivity index (χ2n) is 12.0. The van der Waals surface area contributed by atoms with Crippen LogP contribution in [0.3, 0.4) is 0 Å². The lowest BCUT2D eigenvalue weighted by molar-refractivity contribution is -0.161. The van der Waals surface area contributed by atoms with Crippen LogP contribution in [0, 0.1) is 29.1 Å². The van der Waals surface area contributed by atoms with Gasteiger partial charge in [0.2, 0.25) is 5.91 Å². The van der Waals surface area contributed by atoms with Crippen LogP contribution < -0.4 is 5.73 Å². The number of ether oxygens (including phenoxy) is 2. The summed E-state index contributed by atoms with van der Waals surface area (Å²) in [5.41, 5.74) is 4.87. The Hall–Kier alpha value is -1.99. The summed E-state index contributed by atoms with van der Waals surface area (Å²) in [5, 5.41) is 0. The molecule has 0 radical (unpaired) electrons. The van der Waals surface area contributed by atoms with Crippen LogP contribution in [0.1, 0.15) is 65.7 Å². The van der Waals surface area contributed by atoms with Crippen molar-refractivity contribution in [3.05, 3.63) is 0 Å². The number of carbonyl (C=O) groups is 3. The highest BCUT2D eigenvalue weighted by Crippen LogP contribution is 2.60. The van der Waals surface area contributed by atoms with Crippen LogP contribution in [-0.4, -0.2) is 65.3 Å². The molecule has 0 aromatic rings. The first-order chi connectivity index (χ1) is 15.0. The maximum atomic E-state index is 13.2. The van der Waals surface area contributed by atoms with Crippen LogP contribution in [0.4, 0.5) is 9.59 Å². The molecule has 2 unspecified atom stereocenters. The van der Waals surface area contributed by atoms with Gasteiger partial charge in [-0.05, 0) is 89.4 Å². The molecule has 0 aromatic heterocycles. The van der Waals surface area contributed by atoms with Gasteiger partial charge in [0.15, 0.2) is 0 Å². The third-order valence-electron chi connectivity index (χ3n) is 8.61. The van der Waals surface area contributed by atoms with Crippen molar-refractivity contribution in [3.63, 3.8) is 0 Å². The molecule has 3 amide bonds. The van der Waals surface area contributed by atoms with Crippen molar-refractivity contribution in [1.29, 1.82) is 0 Å². The monoisotopic (exact) mass is 447 g/mol. The third-order valence-corrected chi connectivity index (χ3v) is 8.61. The summed E-state index contributed by atoms with van der Waals surface area (Å²) >= 11 is 0. The summed E-state index contributed by atoms with van der Waals surface area (Å²) in [7, 11) is 0. The molecule has 4 aliphatic carbocycles. The first-order valence-corrected chi connectivity index (χ1v) is 12.3. The van der Waals surface area contributed by atoms with E-state index in [0.717, 1.165) is 44.9 Å². The predicted molar refractivity (Wildman–Crippen MR) is 116 cm³/mol. The van der Waals surface area contributed by atoms with Crippen LogP contribution in [0.25, 0.3) is 0 Å². The molecule has 0 spiro atoms. The van der Waals surface area contributed by atoms with E-state index >= 15 is 0 Å². The maximum absolute atomic E-state index is 13.2. The van der Waals surface area contributed by atoms with Gasteiger partial charge in [-0.15, -0.1) is 0 Å². The van der Waals surface area contributed by atoms with E-state index in [2.05, 4.69) is 0 Å². The lowest BCUT2D eigenvalue weighted by Crippen LogP contribution is -2.59. The summed E-state index contributed by atoms with van der Waals surface area (Å²) in [4.78, 5) is 41.7. The fourth-order valence-electron chi connectivity index (χ4n) is 7.54. The molecule has 4 saturated carbocycles. The third kappa shape index (κ3) is 3.73. The van der Waals surface area contributed by atoms with Crippen molar-refractivity contribution >= 4 is 18.1 Å². The smallest absolute Gasteiger partial charge is 0.410 e. The average molecular weight is 448 g/mol. The number of hydrogen-bond donors (Lipinski definition) is 1. The Kier molecular flexibility index (Phi) is 5.13. The van der Waals surface area contributed by atoms with E-state index in [1.165, 1.54) is 0 Å². The molecule has 32 heavy (non-hydrogen) atoms. The van der Waals surface area contributed by atoms with E-state index in [4.69, 9.17) is 15.2 Å². The Morgan fingerprint density at radius 1 is 0.969 bits per heavy atom. The highest BCUT2D eigenvalue weighted by molar-refractivity contribution is 5.81. The zero-order valence-corrected chi connectivity index (χ0v) is 19.5. The topological polar surface area (TPSA) is 102 Å². The Morgan fingerprint density at radius 3 is 2.28 bits per heavy atom. The van der Waals surface area contributed by atoms with E-state index in [9.17, 15) is 14.4 Å². The van der Waals surface area contributed by atoms with Gasteiger partial charge in [0.05, 0.1) is 11.5 Å². The van der Waals surface area contributed by atoms with Gasteiger partial charge >= 0.3 is 12.2 Å². The molecule has 6 fully saturated rings. The van der Waals surface area contributed by atoms with Gasteiger partial charge < -0.3 is 25.0 Å². The highest BCUT2D eigenvalue weighted by Gasteiger charge is 2.59. The normalized spacial score (nSPS) is 40.2. The predicted octanol–water partition coefficient (Wildman–Crippen LogP) is 3.13. The van der Waals surface area contributed by atoms with Crippen molar-refractivity contribution in [2.45, 2.75) is 83.5 Å². The number of carbonyl (C=O) groups excluding carboxylic acids is 3. The Bertz CT molecular complexity index is 792. The number of nitrogens with two attached hydrogens (primary N) is 1. The summed E-state index contributed by atoms with van der Waals surface area (Å²) in [5.74, 6) is 1.10. The largest absolute Gasteiger partial charge is 0.446 e. The maximum Gasteiger partial charge on any atom is 0.410 e. The van der Waals surface area contributed by atoms with E-state index in [1.54, 1.807) is 4.90 Å². The molecule has 2 N–H and O–H groups in total. The fourth-order valence-corrected chi connectivity index (χ4v) is 7.54. The summed E-state index contributed by atoms with van der Waals surface area (Å²) < 4.78 is 11.7. The van der Waals surface area contributed by atoms with Gasteiger partial charge in [-0.3, -0.25) is 4.79 Å². The van der Waals surface area contributed by atoms with Crippen LogP contribution in [0.5, 0.6) is 0 Å². The molecule has 0 aromatic carbocycles. The van der Waals surface area contributed by atoms with Gasteiger partial charge in [-0.1, -0.05) is 0 Å². The fraction of sp³-hybridized carbons (Fsp3) is 0.875. The van der Waals surface area contributed by atoms with Crippen LogP contribution in [0.15, 0.2) is 0 Å². The van der Waals surface area contributed by atoms with Crippen LogP contribution in [0.2, 0.25) is 0 Å². The highest BCUT2D eigenvalue weighted by atomic mass is 16.6. The second kappa shape index (κ2) is 7.52. The van der Waals surface area contributed by atoms with E-state index in [-0.39, 0.29) is 53.4 Å². The molecular weight excluding hydrogens is 410 g/mol. The number of primary amides is 1. The Morgan fingerprint density at radius 2 is 1.66 bits per heavy atom. The molecule has 2 aliphatic heterocycles. The number of piperidine rings is 1. The number of fused-ring (bicyclic) bond motifs is 1. The van der Waals surface area contributed by atoms with E-state index < -0.39 is 5.60 Å². The molecule has 2 saturated heterocycles. The molecular formula is C24H37N3O5. The van der Waals surface area contributed by atoms with Crippen molar-refractivity contribution in [3.8, 4) is 0 Å². The number of amides is 3. The quantitative estimate of drug-likeness (QED) is 0.701. The van der Waals surface area contributed by atoms with Gasteiger partial charge in [0, 0.05) is 19.6 Å². The number of hydrogen-bond acceptors (Lipinski definition) is 5. The zero-order chi connectivity index (χ0) is 22.8. The van der Waals surface area contributed by atoms with Gasteiger partial charge in [0.25, 0.3) is 0 Å². The molecule has 4 atom stereocenters. The Labute approximate surface area is 190 Å². The van der Waals surface area contributed by atoms with Crippen molar-refractivity contribution in [1.82, 2.24) is 9.80 Å². The minimum atomic E-state index is -0.539. The Balaban J connectivity index is 1.23. The minimum absolute atomic E-state index is 0.0113. The molecule has 2 heterocycles. The molecule has 6 aliphatic rings. The van der Waals surface area contributed by atoms with Crippen molar-refractivity contribution in [2.24, 2.45) is 34.8 Å². The minimum Gasteiger partial charge on any atom is -0.446 e. The SMILES string of the molecule is CC(C)(C)OC(=O)N1CCC[C@H]2CN(C(=O)OC3C4CC5CC3CC(C(N)=O)(C5)C4)C[C@@H]21.